The smallest absolute Gasteiger partial charge is 0.326 e. The average molecular weight is 472 g/mol. The van der Waals surface area contributed by atoms with Crippen molar-refractivity contribution in [3.05, 3.63) is 33.8 Å². The van der Waals surface area contributed by atoms with Gasteiger partial charge in [0.15, 0.2) is 6.10 Å². The van der Waals surface area contributed by atoms with Crippen LogP contribution in [0.2, 0.25) is 10.0 Å². The van der Waals surface area contributed by atoms with Crippen molar-refractivity contribution in [2.75, 3.05) is 13.1 Å². The number of nitrogens with one attached hydrogen (secondary N) is 3. The minimum Gasteiger partial charge on any atom is -0.451 e. The molecule has 1 aromatic rings. The fraction of sp³-hybridized carbons (Fsp3) is 0.524. The third kappa shape index (κ3) is 8.03. The molecule has 0 saturated heterocycles. The van der Waals surface area contributed by atoms with Gasteiger partial charge in [-0.3, -0.25) is 19.2 Å². The Morgan fingerprint density at radius 2 is 1.81 bits per heavy atom. The number of hydrogen-bond donors (Lipinski definition) is 3. The van der Waals surface area contributed by atoms with Crippen molar-refractivity contribution < 1.29 is 23.9 Å². The SMILES string of the molecule is CC(OC(=O)CNC(=O)CNC(=O)c1ccc(Cl)cc1Cl)C(=O)NC1CCCCC1C. The van der Waals surface area contributed by atoms with E-state index in [9.17, 15) is 19.2 Å². The number of carbonyl (C=O) groups excluding carboxylic acids is 4. The van der Waals surface area contributed by atoms with E-state index in [0.717, 1.165) is 25.7 Å². The molecule has 0 aromatic heterocycles. The molecular weight excluding hydrogens is 445 g/mol. The van der Waals surface area contributed by atoms with E-state index < -0.39 is 30.4 Å². The van der Waals surface area contributed by atoms with Crippen molar-refractivity contribution in [3.8, 4) is 0 Å². The topological polar surface area (TPSA) is 114 Å². The maximum atomic E-state index is 12.2. The van der Waals surface area contributed by atoms with Gasteiger partial charge in [-0.15, -0.1) is 0 Å². The Kier molecular flexibility index (Phi) is 9.58. The second-order valence-electron chi connectivity index (χ2n) is 7.59. The van der Waals surface area contributed by atoms with Gasteiger partial charge in [0.2, 0.25) is 5.91 Å². The number of rotatable bonds is 8. The third-order valence-electron chi connectivity index (χ3n) is 5.13. The molecule has 0 radical (unpaired) electrons. The zero-order valence-electron chi connectivity index (χ0n) is 17.5. The van der Waals surface area contributed by atoms with Crippen LogP contribution in [-0.2, 0) is 19.1 Å². The van der Waals surface area contributed by atoms with Gasteiger partial charge in [0, 0.05) is 11.1 Å². The first kappa shape index (κ1) is 24.9. The minimum absolute atomic E-state index is 0.0832. The highest BCUT2D eigenvalue weighted by molar-refractivity contribution is 6.36. The van der Waals surface area contributed by atoms with Crippen molar-refractivity contribution >= 4 is 46.9 Å². The summed E-state index contributed by atoms with van der Waals surface area (Å²) in [4.78, 5) is 48.1. The largest absolute Gasteiger partial charge is 0.451 e. The summed E-state index contributed by atoms with van der Waals surface area (Å²) >= 11 is 11.7. The van der Waals surface area contributed by atoms with Crippen LogP contribution in [0.5, 0.6) is 0 Å². The molecule has 1 saturated carbocycles. The van der Waals surface area contributed by atoms with E-state index in [1.807, 2.05) is 0 Å². The lowest BCUT2D eigenvalue weighted by atomic mass is 9.86. The number of halogens is 2. The lowest BCUT2D eigenvalue weighted by molar-refractivity contribution is -0.154. The van der Waals surface area contributed by atoms with Crippen LogP contribution in [0.4, 0.5) is 0 Å². The molecule has 0 heterocycles. The fourth-order valence-electron chi connectivity index (χ4n) is 3.29. The first-order chi connectivity index (χ1) is 14.7. The van der Waals surface area contributed by atoms with E-state index in [1.165, 1.54) is 25.1 Å². The monoisotopic (exact) mass is 471 g/mol. The third-order valence-corrected chi connectivity index (χ3v) is 5.68. The summed E-state index contributed by atoms with van der Waals surface area (Å²) in [7, 11) is 0. The Morgan fingerprint density at radius 3 is 2.48 bits per heavy atom. The average Bonchev–Trinajstić information content (AvgIpc) is 2.72. The van der Waals surface area contributed by atoms with Gasteiger partial charge >= 0.3 is 5.97 Å². The standard InChI is InChI=1S/C21H27Cl2N3O5/c1-12-5-3-4-6-17(12)26-20(29)13(2)31-19(28)11-24-18(27)10-25-21(30)15-8-7-14(22)9-16(15)23/h7-9,12-13,17H,3-6,10-11H2,1-2H3,(H,24,27)(H,25,30)(H,26,29). The normalized spacial score (nSPS) is 19.1. The molecule has 10 heteroatoms. The summed E-state index contributed by atoms with van der Waals surface area (Å²) in [5.74, 6) is -1.87. The second kappa shape index (κ2) is 11.9. The van der Waals surface area contributed by atoms with E-state index in [4.69, 9.17) is 27.9 Å². The zero-order valence-corrected chi connectivity index (χ0v) is 19.0. The van der Waals surface area contributed by atoms with Crippen LogP contribution < -0.4 is 16.0 Å². The zero-order chi connectivity index (χ0) is 23.0. The highest BCUT2D eigenvalue weighted by Crippen LogP contribution is 2.24. The fourth-order valence-corrected chi connectivity index (χ4v) is 3.78. The van der Waals surface area contributed by atoms with Crippen LogP contribution >= 0.6 is 23.2 Å². The Bertz CT molecular complexity index is 833. The van der Waals surface area contributed by atoms with Crippen LogP contribution in [0.1, 0.15) is 49.9 Å². The highest BCUT2D eigenvalue weighted by atomic mass is 35.5. The molecule has 2 rings (SSSR count). The first-order valence-electron chi connectivity index (χ1n) is 10.2. The predicted octanol–water partition coefficient (Wildman–Crippen LogP) is 2.47. The molecule has 1 fully saturated rings. The maximum absolute atomic E-state index is 12.2. The van der Waals surface area contributed by atoms with E-state index in [2.05, 4.69) is 22.9 Å². The number of carbonyl (C=O) groups is 4. The maximum Gasteiger partial charge on any atom is 0.326 e. The number of esters is 1. The second-order valence-corrected chi connectivity index (χ2v) is 8.44. The molecule has 3 N–H and O–H groups in total. The van der Waals surface area contributed by atoms with E-state index in [0.29, 0.717) is 10.9 Å². The van der Waals surface area contributed by atoms with E-state index in [1.54, 1.807) is 0 Å². The van der Waals surface area contributed by atoms with Gasteiger partial charge in [-0.1, -0.05) is 43.0 Å². The predicted molar refractivity (Wildman–Crippen MR) is 117 cm³/mol. The molecule has 170 valence electrons. The van der Waals surface area contributed by atoms with Gasteiger partial charge in [0.25, 0.3) is 11.8 Å². The summed E-state index contributed by atoms with van der Waals surface area (Å²) < 4.78 is 5.08. The summed E-state index contributed by atoms with van der Waals surface area (Å²) in [6.07, 6.45) is 3.23. The molecule has 3 atom stereocenters. The number of benzene rings is 1. The molecule has 0 spiro atoms. The Hall–Kier alpha value is -2.32. The lowest BCUT2D eigenvalue weighted by Crippen LogP contribution is -2.46. The molecule has 8 nitrogen and oxygen atoms in total. The van der Waals surface area contributed by atoms with Crippen LogP contribution in [0.3, 0.4) is 0 Å². The molecule has 1 aromatic carbocycles. The van der Waals surface area contributed by atoms with E-state index >= 15 is 0 Å². The van der Waals surface area contributed by atoms with Crippen molar-refractivity contribution in [2.24, 2.45) is 5.92 Å². The molecule has 1 aliphatic carbocycles. The Balaban J connectivity index is 1.69. The Labute approximate surface area is 191 Å². The van der Waals surface area contributed by atoms with Gasteiger partial charge in [0.05, 0.1) is 17.1 Å². The highest BCUT2D eigenvalue weighted by Gasteiger charge is 2.26. The summed E-state index contributed by atoms with van der Waals surface area (Å²) in [6, 6.07) is 4.45. The quantitative estimate of drug-likeness (QED) is 0.503. The first-order valence-corrected chi connectivity index (χ1v) is 10.9. The van der Waals surface area contributed by atoms with Crippen LogP contribution in [0.25, 0.3) is 0 Å². The molecule has 3 amide bonds. The molecule has 3 unspecified atom stereocenters. The van der Waals surface area contributed by atoms with Crippen molar-refractivity contribution in [1.29, 1.82) is 0 Å². The molecule has 0 aliphatic heterocycles. The van der Waals surface area contributed by atoms with Crippen LogP contribution in [-0.4, -0.2) is 48.9 Å². The van der Waals surface area contributed by atoms with Crippen molar-refractivity contribution in [1.82, 2.24) is 16.0 Å². The molecule has 0 bridgehead atoms. The van der Waals surface area contributed by atoms with Crippen molar-refractivity contribution in [3.63, 3.8) is 0 Å². The van der Waals surface area contributed by atoms with Gasteiger partial charge < -0.3 is 20.7 Å². The van der Waals surface area contributed by atoms with Crippen LogP contribution in [0.15, 0.2) is 18.2 Å². The van der Waals surface area contributed by atoms with Gasteiger partial charge in [-0.2, -0.15) is 0 Å². The lowest BCUT2D eigenvalue weighted by Gasteiger charge is -2.30. The molecule has 31 heavy (non-hydrogen) atoms. The van der Waals surface area contributed by atoms with Gasteiger partial charge in [-0.25, -0.2) is 0 Å². The molecular formula is C21H27Cl2N3O5. The number of ether oxygens (including phenoxy) is 1. The Morgan fingerprint density at radius 1 is 1.10 bits per heavy atom. The minimum atomic E-state index is -0.967. The molecule has 1 aliphatic rings. The number of amides is 3. The van der Waals surface area contributed by atoms with Crippen LogP contribution in [0, 0.1) is 5.92 Å². The summed E-state index contributed by atoms with van der Waals surface area (Å²) in [5.41, 5.74) is 0.172. The summed E-state index contributed by atoms with van der Waals surface area (Å²) in [6.45, 7) is 2.79. The van der Waals surface area contributed by atoms with Crippen molar-refractivity contribution in [2.45, 2.75) is 51.7 Å². The van der Waals surface area contributed by atoms with E-state index in [-0.39, 0.29) is 29.1 Å². The summed E-state index contributed by atoms with van der Waals surface area (Å²) in [5, 5.41) is 8.19. The van der Waals surface area contributed by atoms with Gasteiger partial charge in [-0.05, 0) is 43.9 Å². The number of hydrogen-bond acceptors (Lipinski definition) is 5. The van der Waals surface area contributed by atoms with Gasteiger partial charge in [0.1, 0.15) is 6.54 Å².